The van der Waals surface area contributed by atoms with Crippen LogP contribution < -0.4 is 9.47 Å². The molecule has 0 bridgehead atoms. The van der Waals surface area contributed by atoms with Crippen molar-refractivity contribution >= 4 is 24.1 Å². The number of carbonyl (C=O) groups is 2. The van der Waals surface area contributed by atoms with Crippen LogP contribution in [0, 0.1) is 0 Å². The number of hydrogen-bond donors (Lipinski definition) is 0. The summed E-state index contributed by atoms with van der Waals surface area (Å²) < 4.78 is 34.0. The summed E-state index contributed by atoms with van der Waals surface area (Å²) in [6, 6.07) is 15.0. The van der Waals surface area contributed by atoms with Crippen LogP contribution in [-0.4, -0.2) is 62.8 Å². The quantitative estimate of drug-likeness (QED) is 0.176. The molecule has 2 aliphatic rings. The van der Waals surface area contributed by atoms with Gasteiger partial charge in [-0.1, -0.05) is 51.0 Å². The van der Waals surface area contributed by atoms with Gasteiger partial charge in [-0.3, -0.25) is 0 Å². The highest BCUT2D eigenvalue weighted by atomic mass is 16.7. The maximum absolute atomic E-state index is 12.4. The van der Waals surface area contributed by atoms with Crippen molar-refractivity contribution in [1.82, 2.24) is 0 Å². The maximum atomic E-state index is 12.4. The third-order valence-electron chi connectivity index (χ3n) is 6.61. The summed E-state index contributed by atoms with van der Waals surface area (Å²) in [5, 5.41) is 0. The zero-order valence-electron chi connectivity index (χ0n) is 23.2. The second kappa shape index (κ2) is 15.2. The molecule has 0 aliphatic carbocycles. The van der Waals surface area contributed by atoms with Gasteiger partial charge in [-0.05, 0) is 60.4 Å². The highest BCUT2D eigenvalue weighted by Gasteiger charge is 2.51. The molecule has 8 heteroatoms. The number of ether oxygens (including phenoxy) is 6. The van der Waals surface area contributed by atoms with Gasteiger partial charge in [0, 0.05) is 12.2 Å². The van der Waals surface area contributed by atoms with Crippen LogP contribution >= 0.6 is 0 Å². The molecule has 214 valence electrons. The Morgan fingerprint density at radius 1 is 0.700 bits per heavy atom. The molecule has 0 spiro atoms. The van der Waals surface area contributed by atoms with Crippen molar-refractivity contribution in [2.45, 2.75) is 63.9 Å². The molecule has 4 atom stereocenters. The van der Waals surface area contributed by atoms with Gasteiger partial charge in [-0.2, -0.15) is 0 Å². The van der Waals surface area contributed by atoms with Crippen LogP contribution in [0.5, 0.6) is 11.5 Å². The molecule has 2 unspecified atom stereocenters. The number of carbonyl (C=O) groups excluding carboxylic acids is 2. The molecular formula is C32H38O8. The zero-order chi connectivity index (χ0) is 28.2. The van der Waals surface area contributed by atoms with Crippen molar-refractivity contribution in [2.75, 3.05) is 26.4 Å². The van der Waals surface area contributed by atoms with E-state index in [1.54, 1.807) is 12.2 Å². The number of unbranched alkanes of at least 4 members (excludes halogenated alkanes) is 2. The van der Waals surface area contributed by atoms with E-state index in [0.717, 1.165) is 48.3 Å². The molecule has 0 aromatic heterocycles. The SMILES string of the molecule is CCCCOc1ccc(/C=C/C(=O)OC2CO[C@H]3C(OC(=O)/C=C/c4ccc(OCCCC)cc4)CO[C@@H]23)cc1. The Labute approximate surface area is 235 Å². The first-order valence-electron chi connectivity index (χ1n) is 14.0. The lowest BCUT2D eigenvalue weighted by molar-refractivity contribution is -0.149. The maximum Gasteiger partial charge on any atom is 0.331 e. The van der Waals surface area contributed by atoms with Crippen molar-refractivity contribution in [2.24, 2.45) is 0 Å². The fraction of sp³-hybridized carbons (Fsp3) is 0.438. The minimum atomic E-state index is -0.575. The van der Waals surface area contributed by atoms with Crippen LogP contribution in [-0.2, 0) is 28.5 Å². The molecule has 2 fully saturated rings. The van der Waals surface area contributed by atoms with E-state index in [4.69, 9.17) is 28.4 Å². The van der Waals surface area contributed by atoms with Gasteiger partial charge in [0.1, 0.15) is 23.7 Å². The van der Waals surface area contributed by atoms with E-state index >= 15 is 0 Å². The minimum absolute atomic E-state index is 0.176. The predicted molar refractivity (Wildman–Crippen MR) is 151 cm³/mol. The first kappa shape index (κ1) is 29.4. The summed E-state index contributed by atoms with van der Waals surface area (Å²) in [6.07, 6.45) is 8.18. The number of rotatable bonds is 14. The molecule has 8 nitrogen and oxygen atoms in total. The standard InChI is InChI=1S/C32H38O8/c1-3-5-19-35-25-13-7-23(8-14-25)11-17-29(33)39-27-21-37-32-28(22-38-31(27)32)40-30(34)18-12-24-9-15-26(16-10-24)36-20-6-4-2/h7-18,27-28,31-32H,3-6,19-22H2,1-2H3/b17-11+,18-12+/t27?,28?,31-,32-/m0/s1. The van der Waals surface area contributed by atoms with Crippen LogP contribution in [0.2, 0.25) is 0 Å². The summed E-state index contributed by atoms with van der Waals surface area (Å²) in [4.78, 5) is 24.8. The number of esters is 2. The van der Waals surface area contributed by atoms with E-state index in [2.05, 4.69) is 13.8 Å². The second-order valence-corrected chi connectivity index (χ2v) is 9.76. The Morgan fingerprint density at radius 3 is 1.48 bits per heavy atom. The van der Waals surface area contributed by atoms with Crippen molar-refractivity contribution in [1.29, 1.82) is 0 Å². The predicted octanol–water partition coefficient (Wildman–Crippen LogP) is 5.39. The Morgan fingerprint density at radius 2 is 1.10 bits per heavy atom. The summed E-state index contributed by atoms with van der Waals surface area (Å²) >= 11 is 0. The molecule has 4 rings (SSSR count). The normalized spacial score (nSPS) is 21.9. The van der Waals surface area contributed by atoms with Gasteiger partial charge in [-0.25, -0.2) is 9.59 Å². The molecule has 2 aromatic rings. The Kier molecular flexibility index (Phi) is 11.2. The number of fused-ring (bicyclic) bond motifs is 1. The molecule has 2 aliphatic heterocycles. The molecule has 0 amide bonds. The summed E-state index contributed by atoms with van der Waals surface area (Å²) in [5.74, 6) is 0.610. The van der Waals surface area contributed by atoms with Gasteiger partial charge in [0.05, 0.1) is 26.4 Å². The Bertz CT molecular complexity index is 1050. The average molecular weight is 551 g/mol. The molecule has 0 saturated carbocycles. The molecule has 0 N–H and O–H groups in total. The number of benzene rings is 2. The van der Waals surface area contributed by atoms with Crippen molar-refractivity contribution in [3.63, 3.8) is 0 Å². The first-order valence-corrected chi connectivity index (χ1v) is 14.0. The molecule has 2 saturated heterocycles. The zero-order valence-corrected chi connectivity index (χ0v) is 23.2. The van der Waals surface area contributed by atoms with Crippen LogP contribution in [0.25, 0.3) is 12.2 Å². The van der Waals surface area contributed by atoms with E-state index in [9.17, 15) is 9.59 Å². The molecule has 0 radical (unpaired) electrons. The van der Waals surface area contributed by atoms with Crippen molar-refractivity contribution in [3.05, 3.63) is 71.8 Å². The van der Waals surface area contributed by atoms with Gasteiger partial charge < -0.3 is 28.4 Å². The van der Waals surface area contributed by atoms with E-state index in [1.807, 2.05) is 48.5 Å². The van der Waals surface area contributed by atoms with Crippen molar-refractivity contribution < 1.29 is 38.0 Å². The second-order valence-electron chi connectivity index (χ2n) is 9.76. The Hall–Kier alpha value is -3.62. The lowest BCUT2D eigenvalue weighted by Crippen LogP contribution is -2.35. The summed E-state index contributed by atoms with van der Waals surface area (Å²) in [5.41, 5.74) is 1.71. The monoisotopic (exact) mass is 550 g/mol. The van der Waals surface area contributed by atoms with E-state index in [0.29, 0.717) is 13.2 Å². The minimum Gasteiger partial charge on any atom is -0.494 e. The molecule has 40 heavy (non-hydrogen) atoms. The molecule has 2 heterocycles. The largest absolute Gasteiger partial charge is 0.494 e. The first-order chi connectivity index (χ1) is 19.6. The summed E-state index contributed by atoms with van der Waals surface area (Å²) in [7, 11) is 0. The van der Waals surface area contributed by atoms with Gasteiger partial charge in [0.15, 0.2) is 12.2 Å². The van der Waals surface area contributed by atoms with Crippen LogP contribution in [0.4, 0.5) is 0 Å². The fourth-order valence-electron chi connectivity index (χ4n) is 4.36. The smallest absolute Gasteiger partial charge is 0.331 e. The van der Waals surface area contributed by atoms with Crippen molar-refractivity contribution in [3.8, 4) is 11.5 Å². The van der Waals surface area contributed by atoms with Crippen LogP contribution in [0.3, 0.4) is 0 Å². The van der Waals surface area contributed by atoms with Gasteiger partial charge >= 0.3 is 11.9 Å². The fourth-order valence-corrected chi connectivity index (χ4v) is 4.36. The van der Waals surface area contributed by atoms with Crippen LogP contribution in [0.1, 0.15) is 50.7 Å². The average Bonchev–Trinajstić information content (AvgIpc) is 3.55. The number of hydrogen-bond acceptors (Lipinski definition) is 8. The van der Waals surface area contributed by atoms with Gasteiger partial charge in [-0.15, -0.1) is 0 Å². The Balaban J connectivity index is 1.20. The summed E-state index contributed by atoms with van der Waals surface area (Å²) in [6.45, 7) is 5.96. The molecular weight excluding hydrogens is 512 g/mol. The highest BCUT2D eigenvalue weighted by molar-refractivity contribution is 5.87. The van der Waals surface area contributed by atoms with Gasteiger partial charge in [0.2, 0.25) is 0 Å². The molecule has 2 aromatic carbocycles. The topological polar surface area (TPSA) is 89.5 Å². The highest BCUT2D eigenvalue weighted by Crippen LogP contribution is 2.31. The van der Waals surface area contributed by atoms with Crippen LogP contribution in [0.15, 0.2) is 60.7 Å². The van der Waals surface area contributed by atoms with E-state index in [-0.39, 0.29) is 13.2 Å². The van der Waals surface area contributed by atoms with Gasteiger partial charge in [0.25, 0.3) is 0 Å². The van der Waals surface area contributed by atoms with E-state index < -0.39 is 36.4 Å². The third-order valence-corrected chi connectivity index (χ3v) is 6.61. The third kappa shape index (κ3) is 8.69. The lowest BCUT2D eigenvalue weighted by atomic mass is 10.1. The lowest BCUT2D eigenvalue weighted by Gasteiger charge is -2.16. The van der Waals surface area contributed by atoms with E-state index in [1.165, 1.54) is 12.2 Å².